The van der Waals surface area contributed by atoms with Crippen LogP contribution in [0.25, 0.3) is 0 Å². The maximum absolute atomic E-state index is 2.43. The van der Waals surface area contributed by atoms with E-state index in [1.54, 1.807) is 25.7 Å². The summed E-state index contributed by atoms with van der Waals surface area (Å²) in [7, 11) is 0.410. The molecule has 15 heavy (non-hydrogen) atoms. The van der Waals surface area contributed by atoms with Crippen molar-refractivity contribution < 1.29 is 0 Å². The van der Waals surface area contributed by atoms with Gasteiger partial charge in [-0.1, -0.05) is 41.0 Å². The maximum atomic E-state index is 2.43. The molecule has 1 heteroatoms. The van der Waals surface area contributed by atoms with Gasteiger partial charge < -0.3 is 0 Å². The molecule has 0 amide bonds. The Hall–Kier alpha value is 0.430. The van der Waals surface area contributed by atoms with Crippen molar-refractivity contribution in [2.75, 3.05) is 0 Å². The van der Waals surface area contributed by atoms with Gasteiger partial charge in [0.2, 0.25) is 0 Å². The fourth-order valence-corrected chi connectivity index (χ4v) is 8.27. The van der Waals surface area contributed by atoms with E-state index in [1.165, 1.54) is 37.8 Å². The summed E-state index contributed by atoms with van der Waals surface area (Å²) in [6.45, 7) is 4.86. The minimum Gasteiger partial charge on any atom is -0.0972 e. The third kappa shape index (κ3) is 2.57. The first-order valence-electron chi connectivity index (χ1n) is 7.14. The smallest absolute Gasteiger partial charge is 0.0204 e. The molecule has 2 unspecified atom stereocenters. The van der Waals surface area contributed by atoms with E-state index >= 15 is 0 Å². The Labute approximate surface area is 97.0 Å². The number of hydrogen-bond donors (Lipinski definition) is 0. The van der Waals surface area contributed by atoms with Crippen molar-refractivity contribution in [2.24, 2.45) is 0 Å². The molecule has 0 aromatic rings. The van der Waals surface area contributed by atoms with Crippen LogP contribution in [0.2, 0.25) is 0 Å². The van der Waals surface area contributed by atoms with Crippen molar-refractivity contribution in [1.82, 2.24) is 0 Å². The van der Waals surface area contributed by atoms with E-state index in [0.717, 1.165) is 11.3 Å². The average molecular weight is 226 g/mol. The third-order valence-electron chi connectivity index (χ3n) is 4.62. The third-order valence-corrected chi connectivity index (χ3v) is 8.91. The van der Waals surface area contributed by atoms with Crippen LogP contribution in [0, 0.1) is 0 Å². The molecule has 0 spiro atoms. The van der Waals surface area contributed by atoms with Crippen molar-refractivity contribution >= 4 is 7.92 Å². The van der Waals surface area contributed by atoms with Crippen molar-refractivity contribution in [2.45, 2.75) is 88.6 Å². The normalized spacial score (nSPS) is 38.4. The summed E-state index contributed by atoms with van der Waals surface area (Å²) in [6.07, 6.45) is 13.8. The summed E-state index contributed by atoms with van der Waals surface area (Å²) >= 11 is 0. The molecule has 0 aromatic carbocycles. The first-order chi connectivity index (χ1) is 7.36. The molecule has 2 atom stereocenters. The summed E-state index contributed by atoms with van der Waals surface area (Å²) in [5.74, 6) is 0. The van der Waals surface area contributed by atoms with Gasteiger partial charge in [-0.3, -0.25) is 0 Å². The molecule has 1 saturated heterocycles. The molecule has 0 N–H and O–H groups in total. The van der Waals surface area contributed by atoms with Gasteiger partial charge in [-0.05, 0) is 55.5 Å². The number of rotatable bonds is 3. The van der Waals surface area contributed by atoms with E-state index < -0.39 is 0 Å². The lowest BCUT2D eigenvalue weighted by atomic mass is 10.0. The van der Waals surface area contributed by atoms with E-state index in [-0.39, 0.29) is 0 Å². The van der Waals surface area contributed by atoms with Gasteiger partial charge in [-0.15, -0.1) is 0 Å². The topological polar surface area (TPSA) is 0 Å². The standard InChI is InChI=1S/C14H27P/c1-3-12-10-11-13(4-2)15(12)14-8-6-5-7-9-14/h12-14H,3-11H2,1-2H3. The van der Waals surface area contributed by atoms with Gasteiger partial charge in [0.05, 0.1) is 0 Å². The Balaban J connectivity index is 2.00. The molecule has 0 bridgehead atoms. The van der Waals surface area contributed by atoms with E-state index in [2.05, 4.69) is 13.8 Å². The van der Waals surface area contributed by atoms with E-state index in [9.17, 15) is 0 Å². The second-order valence-electron chi connectivity index (χ2n) is 5.44. The summed E-state index contributed by atoms with van der Waals surface area (Å²) < 4.78 is 0. The predicted molar refractivity (Wildman–Crippen MR) is 71.2 cm³/mol. The Kier molecular flexibility index (Phi) is 4.50. The Morgan fingerprint density at radius 3 is 1.80 bits per heavy atom. The van der Waals surface area contributed by atoms with Gasteiger partial charge in [-0.2, -0.15) is 0 Å². The highest BCUT2D eigenvalue weighted by Crippen LogP contribution is 2.63. The zero-order valence-corrected chi connectivity index (χ0v) is 11.4. The lowest BCUT2D eigenvalue weighted by molar-refractivity contribution is 0.507. The van der Waals surface area contributed by atoms with Crippen molar-refractivity contribution in [3.05, 3.63) is 0 Å². The average Bonchev–Trinajstić information content (AvgIpc) is 2.72. The molecule has 2 rings (SSSR count). The van der Waals surface area contributed by atoms with Gasteiger partial charge in [0.15, 0.2) is 0 Å². The molecule has 1 heterocycles. The lowest BCUT2D eigenvalue weighted by Gasteiger charge is -2.35. The van der Waals surface area contributed by atoms with Crippen LogP contribution in [0.5, 0.6) is 0 Å². The first-order valence-corrected chi connectivity index (χ1v) is 8.69. The van der Waals surface area contributed by atoms with E-state index in [0.29, 0.717) is 7.92 Å². The summed E-state index contributed by atoms with van der Waals surface area (Å²) in [6, 6.07) is 0. The molecule has 1 aliphatic heterocycles. The molecule has 0 nitrogen and oxygen atoms in total. The summed E-state index contributed by atoms with van der Waals surface area (Å²) in [5.41, 5.74) is 3.47. The molecule has 0 radical (unpaired) electrons. The molecule has 0 aromatic heterocycles. The SMILES string of the molecule is CCC1CCC(CC)P1C1CCCCC1. The van der Waals surface area contributed by atoms with Crippen molar-refractivity contribution in [3.8, 4) is 0 Å². The van der Waals surface area contributed by atoms with Crippen molar-refractivity contribution in [3.63, 3.8) is 0 Å². The van der Waals surface area contributed by atoms with Crippen LogP contribution in [-0.4, -0.2) is 17.0 Å². The Morgan fingerprint density at radius 2 is 1.33 bits per heavy atom. The Morgan fingerprint density at radius 1 is 0.800 bits per heavy atom. The minimum atomic E-state index is 0.410. The van der Waals surface area contributed by atoms with Gasteiger partial charge >= 0.3 is 0 Å². The van der Waals surface area contributed by atoms with Gasteiger partial charge in [-0.25, -0.2) is 0 Å². The number of hydrogen-bond acceptors (Lipinski definition) is 0. The molecule has 1 aliphatic carbocycles. The van der Waals surface area contributed by atoms with Crippen molar-refractivity contribution in [1.29, 1.82) is 0 Å². The second-order valence-corrected chi connectivity index (χ2v) is 8.53. The van der Waals surface area contributed by atoms with Crippen LogP contribution in [0.1, 0.15) is 71.6 Å². The quantitative estimate of drug-likeness (QED) is 0.584. The fraction of sp³-hybridized carbons (Fsp3) is 1.00. The zero-order chi connectivity index (χ0) is 10.7. The highest BCUT2D eigenvalue weighted by molar-refractivity contribution is 7.60. The van der Waals surface area contributed by atoms with Gasteiger partial charge in [0.25, 0.3) is 0 Å². The van der Waals surface area contributed by atoms with Crippen LogP contribution in [0.15, 0.2) is 0 Å². The van der Waals surface area contributed by atoms with Crippen LogP contribution in [-0.2, 0) is 0 Å². The van der Waals surface area contributed by atoms with Gasteiger partial charge in [0.1, 0.15) is 0 Å². The predicted octanol–water partition coefficient (Wildman–Crippen LogP) is 5.15. The molecule has 2 aliphatic rings. The van der Waals surface area contributed by atoms with E-state index in [1.807, 2.05) is 0 Å². The molecule has 1 saturated carbocycles. The molecule has 2 fully saturated rings. The Bertz CT molecular complexity index is 172. The molecule has 88 valence electrons. The van der Waals surface area contributed by atoms with Crippen LogP contribution in [0.3, 0.4) is 0 Å². The van der Waals surface area contributed by atoms with Crippen LogP contribution < -0.4 is 0 Å². The highest BCUT2D eigenvalue weighted by Gasteiger charge is 2.38. The largest absolute Gasteiger partial charge is 0.0972 e. The summed E-state index contributed by atoms with van der Waals surface area (Å²) in [5, 5.41) is 0. The fourth-order valence-electron chi connectivity index (χ4n) is 3.79. The second kappa shape index (κ2) is 5.67. The lowest BCUT2D eigenvalue weighted by Crippen LogP contribution is -2.18. The minimum absolute atomic E-state index is 0.410. The first kappa shape index (κ1) is 11.9. The van der Waals surface area contributed by atoms with Crippen LogP contribution >= 0.6 is 7.92 Å². The maximum Gasteiger partial charge on any atom is -0.0204 e. The molecular formula is C14H27P. The van der Waals surface area contributed by atoms with Crippen LogP contribution in [0.4, 0.5) is 0 Å². The zero-order valence-electron chi connectivity index (χ0n) is 10.5. The van der Waals surface area contributed by atoms with E-state index in [4.69, 9.17) is 0 Å². The summed E-state index contributed by atoms with van der Waals surface area (Å²) in [4.78, 5) is 0. The monoisotopic (exact) mass is 226 g/mol. The molecular weight excluding hydrogens is 199 g/mol. The highest BCUT2D eigenvalue weighted by atomic mass is 31.1. The van der Waals surface area contributed by atoms with Gasteiger partial charge in [0, 0.05) is 0 Å².